The Morgan fingerprint density at radius 3 is 2.60 bits per heavy atom. The topological polar surface area (TPSA) is 43.4 Å². The second-order valence-corrected chi connectivity index (χ2v) is 4.66. The Balaban J connectivity index is 2.21. The summed E-state index contributed by atoms with van der Waals surface area (Å²) in [5.41, 5.74) is -0.416. The molecule has 0 unspecified atom stereocenters. The Bertz CT molecular complexity index is 446. The molecule has 2 heterocycles. The molecule has 112 valence electrons. The van der Waals surface area contributed by atoms with Gasteiger partial charge in [0.05, 0.1) is 6.61 Å². The second kappa shape index (κ2) is 6.41. The van der Waals surface area contributed by atoms with Gasteiger partial charge in [0, 0.05) is 12.7 Å². The minimum Gasteiger partial charge on any atom is -0.474 e. The van der Waals surface area contributed by atoms with Crippen LogP contribution in [0.3, 0.4) is 0 Å². The summed E-state index contributed by atoms with van der Waals surface area (Å²) in [5.74, 6) is 0.0218. The molecule has 0 atom stereocenters. The Hall–Kier alpha value is -1.34. The van der Waals surface area contributed by atoms with Gasteiger partial charge in [-0.15, -0.1) is 0 Å². The zero-order chi connectivity index (χ0) is 14.6. The molecule has 0 radical (unpaired) electrons. The highest BCUT2D eigenvalue weighted by molar-refractivity contribution is 5.29. The van der Waals surface area contributed by atoms with E-state index in [0.717, 1.165) is 32.0 Å². The number of halogens is 3. The zero-order valence-corrected chi connectivity index (χ0v) is 11.2. The third-order valence-corrected chi connectivity index (χ3v) is 3.09. The minimum absolute atomic E-state index is 0.0218. The largest absolute Gasteiger partial charge is 0.474 e. The third-order valence-electron chi connectivity index (χ3n) is 3.09. The highest BCUT2D eigenvalue weighted by Crippen LogP contribution is 2.31. The lowest BCUT2D eigenvalue weighted by Gasteiger charge is -2.24. The summed E-state index contributed by atoms with van der Waals surface area (Å²) in [6, 6.07) is 2.30. The van der Waals surface area contributed by atoms with Crippen molar-refractivity contribution in [2.75, 3.05) is 20.2 Å². The fraction of sp³-hybridized carbons (Fsp3) is 0.615. The molecule has 0 amide bonds. The standard InChI is InChI=1S/C13H17F3N2O2/c1-19-8-9-2-3-11(13(14,15)16)18-12(9)20-10-4-6-17-7-5-10/h2-3,10,17H,4-8H2,1H3. The van der Waals surface area contributed by atoms with Gasteiger partial charge in [0.2, 0.25) is 5.88 Å². The van der Waals surface area contributed by atoms with Crippen LogP contribution >= 0.6 is 0 Å². The molecule has 7 heteroatoms. The number of methoxy groups -OCH3 is 1. The molecule has 0 aromatic carbocycles. The van der Waals surface area contributed by atoms with Crippen molar-refractivity contribution in [1.82, 2.24) is 10.3 Å². The van der Waals surface area contributed by atoms with Gasteiger partial charge in [-0.05, 0) is 38.1 Å². The summed E-state index contributed by atoms with van der Waals surface area (Å²) < 4.78 is 48.7. The van der Waals surface area contributed by atoms with E-state index in [1.807, 2.05) is 0 Å². The van der Waals surface area contributed by atoms with Crippen molar-refractivity contribution < 1.29 is 22.6 Å². The van der Waals surface area contributed by atoms with Crippen LogP contribution in [0.2, 0.25) is 0 Å². The molecular formula is C13H17F3N2O2. The predicted octanol–water partition coefficient (Wildman–Crippen LogP) is 2.38. The van der Waals surface area contributed by atoms with Crippen molar-refractivity contribution in [3.63, 3.8) is 0 Å². The number of nitrogens with one attached hydrogen (secondary N) is 1. The maximum Gasteiger partial charge on any atom is 0.433 e. The summed E-state index contributed by atoms with van der Waals surface area (Å²) in [5, 5.41) is 3.17. The van der Waals surface area contributed by atoms with Crippen molar-refractivity contribution in [2.45, 2.75) is 31.7 Å². The number of aromatic nitrogens is 1. The molecule has 1 aliphatic rings. The molecule has 1 aromatic rings. The van der Waals surface area contributed by atoms with Gasteiger partial charge in [0.25, 0.3) is 0 Å². The fourth-order valence-electron chi connectivity index (χ4n) is 2.07. The van der Waals surface area contributed by atoms with Crippen molar-refractivity contribution in [3.8, 4) is 5.88 Å². The van der Waals surface area contributed by atoms with E-state index in [1.165, 1.54) is 13.2 Å². The van der Waals surface area contributed by atoms with Gasteiger partial charge in [0.1, 0.15) is 11.8 Å². The number of nitrogens with zero attached hydrogens (tertiary/aromatic N) is 1. The van der Waals surface area contributed by atoms with E-state index < -0.39 is 11.9 Å². The lowest BCUT2D eigenvalue weighted by molar-refractivity contribution is -0.141. The van der Waals surface area contributed by atoms with E-state index in [2.05, 4.69) is 10.3 Å². The summed E-state index contributed by atoms with van der Waals surface area (Å²) in [6.45, 7) is 1.76. The number of hydrogen-bond acceptors (Lipinski definition) is 4. The monoisotopic (exact) mass is 290 g/mol. The van der Waals surface area contributed by atoms with Gasteiger partial charge >= 0.3 is 6.18 Å². The number of ether oxygens (including phenoxy) is 2. The Morgan fingerprint density at radius 1 is 1.30 bits per heavy atom. The van der Waals surface area contributed by atoms with Gasteiger partial charge in [-0.25, -0.2) is 4.98 Å². The number of piperidine rings is 1. The summed E-state index contributed by atoms with van der Waals surface area (Å²) in [6.07, 6.45) is -3.07. The maximum absolute atomic E-state index is 12.7. The van der Waals surface area contributed by atoms with E-state index in [1.54, 1.807) is 0 Å². The molecule has 1 aliphatic heterocycles. The van der Waals surface area contributed by atoms with Crippen LogP contribution in [0, 0.1) is 0 Å². The van der Waals surface area contributed by atoms with Crippen molar-refractivity contribution >= 4 is 0 Å². The number of pyridine rings is 1. The normalized spacial score (nSPS) is 17.2. The van der Waals surface area contributed by atoms with E-state index in [9.17, 15) is 13.2 Å². The Labute approximate surface area is 115 Å². The van der Waals surface area contributed by atoms with E-state index in [4.69, 9.17) is 9.47 Å². The quantitative estimate of drug-likeness (QED) is 0.924. The molecule has 1 aromatic heterocycles. The van der Waals surface area contributed by atoms with Gasteiger partial charge < -0.3 is 14.8 Å². The first-order chi connectivity index (χ1) is 9.50. The minimum atomic E-state index is -4.47. The first-order valence-electron chi connectivity index (χ1n) is 6.44. The average Bonchev–Trinajstić information content (AvgIpc) is 2.41. The maximum atomic E-state index is 12.7. The SMILES string of the molecule is COCc1ccc(C(F)(F)F)nc1OC1CCNCC1. The zero-order valence-electron chi connectivity index (χ0n) is 11.2. The predicted molar refractivity (Wildman–Crippen MR) is 66.5 cm³/mol. The van der Waals surface area contributed by atoms with E-state index >= 15 is 0 Å². The smallest absolute Gasteiger partial charge is 0.433 e. The molecule has 1 fully saturated rings. The molecule has 1 N–H and O–H groups in total. The molecular weight excluding hydrogens is 273 g/mol. The molecule has 0 aliphatic carbocycles. The average molecular weight is 290 g/mol. The molecule has 0 bridgehead atoms. The lowest BCUT2D eigenvalue weighted by atomic mass is 10.1. The summed E-state index contributed by atoms with van der Waals surface area (Å²) in [7, 11) is 1.48. The molecule has 20 heavy (non-hydrogen) atoms. The van der Waals surface area contributed by atoms with Crippen LogP contribution in [0.1, 0.15) is 24.1 Å². The highest BCUT2D eigenvalue weighted by atomic mass is 19.4. The fourth-order valence-corrected chi connectivity index (χ4v) is 2.07. The van der Waals surface area contributed by atoms with Gasteiger partial charge in [-0.3, -0.25) is 0 Å². The van der Waals surface area contributed by atoms with Gasteiger partial charge in [-0.2, -0.15) is 13.2 Å². The first-order valence-corrected chi connectivity index (χ1v) is 6.44. The molecule has 0 spiro atoms. The highest BCUT2D eigenvalue weighted by Gasteiger charge is 2.33. The molecule has 4 nitrogen and oxygen atoms in total. The Kier molecular flexibility index (Phi) is 4.82. The van der Waals surface area contributed by atoms with Crippen LogP contribution in [-0.4, -0.2) is 31.3 Å². The van der Waals surface area contributed by atoms with Crippen LogP contribution in [0.25, 0.3) is 0 Å². The van der Waals surface area contributed by atoms with Crippen molar-refractivity contribution in [2.24, 2.45) is 0 Å². The Morgan fingerprint density at radius 2 is 2.00 bits per heavy atom. The molecule has 2 rings (SSSR count). The summed E-state index contributed by atoms with van der Waals surface area (Å²) >= 11 is 0. The number of alkyl halides is 3. The van der Waals surface area contributed by atoms with Gasteiger partial charge in [-0.1, -0.05) is 0 Å². The van der Waals surface area contributed by atoms with E-state index in [-0.39, 0.29) is 18.6 Å². The molecule has 1 saturated heterocycles. The lowest BCUT2D eigenvalue weighted by Crippen LogP contribution is -2.34. The van der Waals surface area contributed by atoms with Gasteiger partial charge in [0.15, 0.2) is 0 Å². The number of hydrogen-bond donors (Lipinski definition) is 1. The van der Waals surface area contributed by atoms with Crippen LogP contribution in [0.5, 0.6) is 5.88 Å². The van der Waals surface area contributed by atoms with Crippen molar-refractivity contribution in [1.29, 1.82) is 0 Å². The first kappa shape index (κ1) is 15.1. The van der Waals surface area contributed by atoms with Crippen LogP contribution in [0.15, 0.2) is 12.1 Å². The molecule has 0 saturated carbocycles. The number of rotatable bonds is 4. The third kappa shape index (κ3) is 3.83. The summed E-state index contributed by atoms with van der Waals surface area (Å²) in [4.78, 5) is 3.61. The van der Waals surface area contributed by atoms with Crippen LogP contribution in [-0.2, 0) is 17.5 Å². The van der Waals surface area contributed by atoms with E-state index in [0.29, 0.717) is 5.56 Å². The van der Waals surface area contributed by atoms with Crippen molar-refractivity contribution in [3.05, 3.63) is 23.4 Å². The second-order valence-electron chi connectivity index (χ2n) is 4.66. The van der Waals surface area contributed by atoms with Crippen LogP contribution < -0.4 is 10.1 Å². The van der Waals surface area contributed by atoms with Crippen LogP contribution in [0.4, 0.5) is 13.2 Å².